The van der Waals surface area contributed by atoms with Crippen LogP contribution in [0.2, 0.25) is 5.02 Å². The third-order valence-electron chi connectivity index (χ3n) is 5.92. The van der Waals surface area contributed by atoms with Crippen molar-refractivity contribution in [1.29, 1.82) is 0 Å². The molecule has 0 bridgehead atoms. The summed E-state index contributed by atoms with van der Waals surface area (Å²) in [4.78, 5) is 24.1. The fraction of sp³-hybridized carbons (Fsp3) is 0.400. The van der Waals surface area contributed by atoms with Gasteiger partial charge in [-0.3, -0.25) is 4.79 Å². The molecule has 0 unspecified atom stereocenters. The molecule has 174 valence electrons. The lowest BCUT2D eigenvalue weighted by Crippen LogP contribution is -2.49. The van der Waals surface area contributed by atoms with Gasteiger partial charge in [-0.1, -0.05) is 54.1 Å². The minimum Gasteiger partial charge on any atom is -0.367 e. The first-order valence-corrected chi connectivity index (χ1v) is 12.6. The largest absolute Gasteiger partial charge is 0.367 e. The Hall–Kier alpha value is -2.64. The molecule has 8 heteroatoms. The van der Waals surface area contributed by atoms with Crippen LogP contribution in [0, 0.1) is 0 Å². The van der Waals surface area contributed by atoms with Crippen molar-refractivity contribution in [2.45, 2.75) is 32.7 Å². The van der Waals surface area contributed by atoms with Gasteiger partial charge in [0.05, 0.1) is 10.7 Å². The highest BCUT2D eigenvalue weighted by molar-refractivity contribution is 7.09. The van der Waals surface area contributed by atoms with Crippen molar-refractivity contribution in [3.05, 3.63) is 71.0 Å². The van der Waals surface area contributed by atoms with E-state index >= 15 is 0 Å². The van der Waals surface area contributed by atoms with Gasteiger partial charge in [0.15, 0.2) is 0 Å². The zero-order valence-corrected chi connectivity index (χ0v) is 20.7. The van der Waals surface area contributed by atoms with Gasteiger partial charge in [-0.05, 0) is 31.5 Å². The number of benzene rings is 2. The Morgan fingerprint density at radius 3 is 2.45 bits per heavy atom. The average Bonchev–Trinajstić information content (AvgIpc) is 3.28. The van der Waals surface area contributed by atoms with Gasteiger partial charge in [0, 0.05) is 63.1 Å². The smallest absolute Gasteiger partial charge is 0.224 e. The second-order valence-corrected chi connectivity index (χ2v) is 9.65. The zero-order chi connectivity index (χ0) is 23.2. The van der Waals surface area contributed by atoms with E-state index in [1.807, 2.05) is 47.4 Å². The number of rotatable bonds is 8. The van der Waals surface area contributed by atoms with E-state index in [9.17, 15) is 4.79 Å². The summed E-state index contributed by atoms with van der Waals surface area (Å²) in [5, 5.41) is 1.64. The molecule has 0 saturated carbocycles. The summed E-state index contributed by atoms with van der Waals surface area (Å²) >= 11 is 7.75. The molecule has 1 saturated heterocycles. The fourth-order valence-corrected chi connectivity index (χ4v) is 5.17. The number of para-hydroxylation sites is 1. The van der Waals surface area contributed by atoms with Crippen LogP contribution in [-0.4, -0.2) is 58.9 Å². The van der Waals surface area contributed by atoms with Crippen LogP contribution in [0.15, 0.2) is 54.6 Å². The minimum atomic E-state index is 0.188. The predicted molar refractivity (Wildman–Crippen MR) is 137 cm³/mol. The van der Waals surface area contributed by atoms with Crippen molar-refractivity contribution >= 4 is 39.9 Å². The zero-order valence-electron chi connectivity index (χ0n) is 19.2. The fourth-order valence-electron chi connectivity index (χ4n) is 4.07. The lowest BCUT2D eigenvalue weighted by molar-refractivity contribution is -0.131. The lowest BCUT2D eigenvalue weighted by Gasteiger charge is -2.37. The molecule has 33 heavy (non-hydrogen) atoms. The van der Waals surface area contributed by atoms with Crippen LogP contribution in [-0.2, 0) is 11.2 Å². The number of carbonyl (C=O) groups is 1. The Morgan fingerprint density at radius 1 is 1.06 bits per heavy atom. The highest BCUT2D eigenvalue weighted by Crippen LogP contribution is 2.26. The van der Waals surface area contributed by atoms with Crippen LogP contribution in [0.1, 0.15) is 31.7 Å². The van der Waals surface area contributed by atoms with Crippen LogP contribution < -0.4 is 9.80 Å². The molecule has 3 aromatic rings. The maximum Gasteiger partial charge on any atom is 0.224 e. The molecular formula is C25H30ClN5OS. The molecule has 0 N–H and O–H groups in total. The number of halogens is 1. The Labute approximate surface area is 205 Å². The van der Waals surface area contributed by atoms with Gasteiger partial charge in [-0.15, -0.1) is 0 Å². The summed E-state index contributed by atoms with van der Waals surface area (Å²) in [6, 6.07) is 18.4. The van der Waals surface area contributed by atoms with Crippen LogP contribution in [0.5, 0.6) is 0 Å². The molecular weight excluding hydrogens is 454 g/mol. The molecule has 0 aliphatic carbocycles. The summed E-state index contributed by atoms with van der Waals surface area (Å²) in [6.07, 6.45) is 1.19. The molecule has 1 aliphatic rings. The van der Waals surface area contributed by atoms with Gasteiger partial charge in [0.2, 0.25) is 11.0 Å². The Morgan fingerprint density at radius 2 is 1.76 bits per heavy atom. The summed E-state index contributed by atoms with van der Waals surface area (Å²) < 4.78 is 4.55. The van der Waals surface area contributed by atoms with Gasteiger partial charge in [-0.2, -0.15) is 4.37 Å². The molecule has 6 nitrogen and oxygen atoms in total. The first-order chi connectivity index (χ1) is 16.0. The molecule has 1 aromatic heterocycles. The number of amides is 1. The van der Waals surface area contributed by atoms with E-state index in [4.69, 9.17) is 16.6 Å². The molecule has 2 aromatic carbocycles. The molecule has 0 spiro atoms. The van der Waals surface area contributed by atoms with E-state index in [0.717, 1.165) is 41.2 Å². The number of anilines is 2. The number of nitrogens with zero attached hydrogens (tertiary/aromatic N) is 5. The van der Waals surface area contributed by atoms with Crippen LogP contribution >= 0.6 is 23.1 Å². The van der Waals surface area contributed by atoms with Crippen molar-refractivity contribution in [2.75, 3.05) is 42.5 Å². The minimum absolute atomic E-state index is 0.188. The van der Waals surface area contributed by atoms with Crippen LogP contribution in [0.25, 0.3) is 0 Å². The Kier molecular flexibility index (Phi) is 7.83. The SMILES string of the molecule is CC(C)N(CCC(=O)N1CCN(c2ccccc2Cl)CC1)c1nc(Cc2ccccc2)ns1. The van der Waals surface area contributed by atoms with Crippen molar-refractivity contribution in [3.8, 4) is 0 Å². The van der Waals surface area contributed by atoms with Gasteiger partial charge < -0.3 is 14.7 Å². The Balaban J connectivity index is 1.31. The van der Waals surface area contributed by atoms with Crippen molar-refractivity contribution in [2.24, 2.45) is 0 Å². The normalized spacial score (nSPS) is 14.1. The predicted octanol–water partition coefficient (Wildman–Crippen LogP) is 4.74. The first kappa shape index (κ1) is 23.5. The van der Waals surface area contributed by atoms with Crippen molar-refractivity contribution < 1.29 is 4.79 Å². The molecule has 4 rings (SSSR count). The molecule has 0 radical (unpaired) electrons. The number of piperazine rings is 1. The summed E-state index contributed by atoms with van der Waals surface area (Å²) in [5.41, 5.74) is 2.24. The summed E-state index contributed by atoms with van der Waals surface area (Å²) in [6.45, 7) is 7.92. The van der Waals surface area contributed by atoms with Gasteiger partial charge >= 0.3 is 0 Å². The highest BCUT2D eigenvalue weighted by Gasteiger charge is 2.24. The molecule has 2 heterocycles. The second-order valence-electron chi connectivity index (χ2n) is 8.51. The standard InChI is InChI=1S/C25H30ClN5OS/c1-19(2)31(25-27-23(28-33-25)18-20-8-4-3-5-9-20)13-12-24(32)30-16-14-29(15-17-30)22-11-7-6-10-21(22)26/h3-11,19H,12-18H2,1-2H3. The van der Waals surface area contributed by atoms with E-state index in [1.165, 1.54) is 17.1 Å². The van der Waals surface area contributed by atoms with Gasteiger partial charge in [0.1, 0.15) is 5.82 Å². The topological polar surface area (TPSA) is 52.6 Å². The van der Waals surface area contributed by atoms with E-state index in [2.05, 4.69) is 40.2 Å². The average molecular weight is 484 g/mol. The monoisotopic (exact) mass is 483 g/mol. The summed E-state index contributed by atoms with van der Waals surface area (Å²) in [5.74, 6) is 1.02. The number of hydrogen-bond donors (Lipinski definition) is 0. The van der Waals surface area contributed by atoms with E-state index in [0.29, 0.717) is 26.1 Å². The molecule has 1 amide bonds. The van der Waals surface area contributed by atoms with E-state index in [-0.39, 0.29) is 11.9 Å². The van der Waals surface area contributed by atoms with E-state index in [1.54, 1.807) is 0 Å². The lowest BCUT2D eigenvalue weighted by atomic mass is 10.1. The first-order valence-electron chi connectivity index (χ1n) is 11.4. The Bertz CT molecular complexity index is 1050. The molecule has 1 aliphatic heterocycles. The number of hydrogen-bond acceptors (Lipinski definition) is 6. The van der Waals surface area contributed by atoms with Gasteiger partial charge in [0.25, 0.3) is 0 Å². The highest BCUT2D eigenvalue weighted by atomic mass is 35.5. The van der Waals surface area contributed by atoms with Gasteiger partial charge in [-0.25, -0.2) is 4.98 Å². The van der Waals surface area contributed by atoms with Crippen molar-refractivity contribution in [3.63, 3.8) is 0 Å². The second kappa shape index (κ2) is 11.0. The van der Waals surface area contributed by atoms with Crippen molar-refractivity contribution in [1.82, 2.24) is 14.3 Å². The third kappa shape index (κ3) is 6.03. The van der Waals surface area contributed by atoms with Crippen LogP contribution in [0.4, 0.5) is 10.8 Å². The maximum atomic E-state index is 12.9. The maximum absolute atomic E-state index is 12.9. The number of carbonyl (C=O) groups excluding carboxylic acids is 1. The summed E-state index contributed by atoms with van der Waals surface area (Å²) in [7, 11) is 0. The number of aromatic nitrogens is 2. The molecule has 1 fully saturated rings. The molecule has 0 atom stereocenters. The third-order valence-corrected chi connectivity index (χ3v) is 7.03. The van der Waals surface area contributed by atoms with Crippen LogP contribution in [0.3, 0.4) is 0 Å². The quantitative estimate of drug-likeness (QED) is 0.463. The van der Waals surface area contributed by atoms with E-state index < -0.39 is 0 Å².